The molecule has 0 saturated heterocycles. The quantitative estimate of drug-likeness (QED) is 0.526. The molecule has 30 heavy (non-hydrogen) atoms. The van der Waals surface area contributed by atoms with Gasteiger partial charge in [0.1, 0.15) is 12.2 Å². The molecule has 8 heteroatoms. The van der Waals surface area contributed by atoms with Crippen LogP contribution in [0, 0.1) is 0 Å². The Bertz CT molecular complexity index is 1230. The van der Waals surface area contributed by atoms with E-state index in [-0.39, 0.29) is 18.3 Å². The van der Waals surface area contributed by atoms with Crippen molar-refractivity contribution in [1.82, 2.24) is 19.7 Å². The average molecular weight is 399 g/mol. The lowest BCUT2D eigenvalue weighted by atomic mass is 10.0. The molecule has 3 heterocycles. The van der Waals surface area contributed by atoms with Crippen molar-refractivity contribution in [3.05, 3.63) is 88.8 Å². The molecule has 2 aromatic heterocycles. The number of carbonyl (C=O) groups is 1. The highest BCUT2D eigenvalue weighted by Crippen LogP contribution is 2.36. The van der Waals surface area contributed by atoms with Gasteiger partial charge in [-0.3, -0.25) is 19.2 Å². The van der Waals surface area contributed by atoms with Gasteiger partial charge in [-0.2, -0.15) is 0 Å². The maximum absolute atomic E-state index is 13.5. The first-order valence-corrected chi connectivity index (χ1v) is 9.54. The zero-order valence-corrected chi connectivity index (χ0v) is 15.9. The Balaban J connectivity index is 1.59. The Morgan fingerprint density at radius 3 is 2.27 bits per heavy atom. The molecule has 5 rings (SSSR count). The van der Waals surface area contributed by atoms with Crippen molar-refractivity contribution in [2.75, 3.05) is 4.90 Å². The molecule has 0 atom stereocenters. The van der Waals surface area contributed by atoms with Gasteiger partial charge < -0.3 is 0 Å². The summed E-state index contributed by atoms with van der Waals surface area (Å²) in [7, 11) is 0. The molecule has 0 N–H and O–H groups in total. The molecule has 1 aliphatic rings. The fourth-order valence-electron chi connectivity index (χ4n) is 3.76. The number of rotatable bonds is 3. The van der Waals surface area contributed by atoms with Crippen LogP contribution in [0.2, 0.25) is 0 Å². The predicted molar refractivity (Wildman–Crippen MR) is 109 cm³/mol. The van der Waals surface area contributed by atoms with Crippen molar-refractivity contribution >= 4 is 17.3 Å². The van der Waals surface area contributed by atoms with Crippen LogP contribution >= 0.6 is 0 Å². The Morgan fingerprint density at radius 1 is 0.967 bits per heavy atom. The van der Waals surface area contributed by atoms with Crippen LogP contribution in [-0.2, 0) is 24.2 Å². The molecule has 0 aliphatic carbocycles. The smallest absolute Gasteiger partial charge is 0.295 e. The summed E-state index contributed by atoms with van der Waals surface area (Å²) < 4.78 is 6.00. The molecule has 0 fully saturated rings. The SMILES string of the molecule is O=C(Cn1c(-c2cnccn2)noc1=O)N1c2ccccc2CCc2ccccc21. The van der Waals surface area contributed by atoms with Crippen LogP contribution in [0.15, 0.2) is 76.4 Å². The molecule has 4 aromatic rings. The van der Waals surface area contributed by atoms with E-state index in [0.717, 1.165) is 35.3 Å². The first-order chi connectivity index (χ1) is 14.7. The van der Waals surface area contributed by atoms with E-state index >= 15 is 0 Å². The third-order valence-corrected chi connectivity index (χ3v) is 5.15. The first-order valence-electron chi connectivity index (χ1n) is 9.54. The highest BCUT2D eigenvalue weighted by molar-refractivity contribution is 6.02. The van der Waals surface area contributed by atoms with Crippen LogP contribution < -0.4 is 10.7 Å². The number of hydrogen-bond donors (Lipinski definition) is 0. The van der Waals surface area contributed by atoms with Gasteiger partial charge in [-0.15, -0.1) is 0 Å². The molecule has 2 aromatic carbocycles. The summed E-state index contributed by atoms with van der Waals surface area (Å²) in [5.74, 6) is -0.828. The zero-order valence-electron chi connectivity index (χ0n) is 15.9. The lowest BCUT2D eigenvalue weighted by Gasteiger charge is -2.25. The summed E-state index contributed by atoms with van der Waals surface area (Å²) in [6, 6.07) is 15.6. The van der Waals surface area contributed by atoms with Crippen LogP contribution in [0.3, 0.4) is 0 Å². The summed E-state index contributed by atoms with van der Waals surface area (Å²) in [6.07, 6.45) is 6.13. The summed E-state index contributed by atoms with van der Waals surface area (Å²) in [5.41, 5.74) is 4.14. The largest absolute Gasteiger partial charge is 0.442 e. The van der Waals surface area contributed by atoms with Gasteiger partial charge in [0.15, 0.2) is 0 Å². The van der Waals surface area contributed by atoms with E-state index in [2.05, 4.69) is 15.1 Å². The van der Waals surface area contributed by atoms with E-state index in [0.29, 0.717) is 5.69 Å². The van der Waals surface area contributed by atoms with E-state index in [1.807, 2.05) is 48.5 Å². The fraction of sp³-hybridized carbons (Fsp3) is 0.136. The van der Waals surface area contributed by atoms with Gasteiger partial charge in [-0.1, -0.05) is 41.6 Å². The van der Waals surface area contributed by atoms with Gasteiger partial charge in [0.2, 0.25) is 5.82 Å². The summed E-state index contributed by atoms with van der Waals surface area (Å²) in [4.78, 5) is 35.7. The van der Waals surface area contributed by atoms with Crippen molar-refractivity contribution in [1.29, 1.82) is 0 Å². The molecule has 0 saturated carbocycles. The van der Waals surface area contributed by atoms with Crippen molar-refractivity contribution in [3.8, 4) is 11.5 Å². The van der Waals surface area contributed by atoms with Crippen molar-refractivity contribution in [2.24, 2.45) is 0 Å². The van der Waals surface area contributed by atoms with Crippen LogP contribution in [-0.4, -0.2) is 25.6 Å². The van der Waals surface area contributed by atoms with Crippen LogP contribution in [0.25, 0.3) is 11.5 Å². The Hall–Kier alpha value is -4.07. The molecule has 1 aliphatic heterocycles. The van der Waals surface area contributed by atoms with Crippen molar-refractivity contribution < 1.29 is 9.32 Å². The second kappa shape index (κ2) is 7.40. The number of amides is 1. The third-order valence-electron chi connectivity index (χ3n) is 5.15. The van der Waals surface area contributed by atoms with Gasteiger partial charge in [0.05, 0.1) is 17.6 Å². The fourth-order valence-corrected chi connectivity index (χ4v) is 3.76. The van der Waals surface area contributed by atoms with Crippen molar-refractivity contribution in [2.45, 2.75) is 19.4 Å². The summed E-state index contributed by atoms with van der Waals surface area (Å²) in [6.45, 7) is -0.239. The number of aryl methyl sites for hydroxylation is 2. The average Bonchev–Trinajstić information content (AvgIpc) is 3.05. The lowest BCUT2D eigenvalue weighted by molar-refractivity contribution is -0.118. The third kappa shape index (κ3) is 3.08. The highest BCUT2D eigenvalue weighted by atomic mass is 16.5. The van der Waals surface area contributed by atoms with Crippen LogP contribution in [0.4, 0.5) is 11.4 Å². The summed E-state index contributed by atoms with van der Waals surface area (Å²) >= 11 is 0. The Kier molecular flexibility index (Phi) is 4.44. The normalized spacial score (nSPS) is 12.7. The van der Waals surface area contributed by atoms with Gasteiger partial charge in [0.25, 0.3) is 5.91 Å². The molecule has 8 nitrogen and oxygen atoms in total. The molecule has 1 amide bonds. The van der Waals surface area contributed by atoms with E-state index in [9.17, 15) is 9.59 Å². The minimum atomic E-state index is -0.722. The van der Waals surface area contributed by atoms with E-state index in [4.69, 9.17) is 4.52 Å². The number of benzene rings is 2. The molecule has 0 radical (unpaired) electrons. The number of anilines is 2. The number of para-hydroxylation sites is 2. The molecular weight excluding hydrogens is 382 g/mol. The molecule has 0 unspecified atom stereocenters. The second-order valence-electron chi connectivity index (χ2n) is 6.94. The van der Waals surface area contributed by atoms with Crippen molar-refractivity contribution in [3.63, 3.8) is 0 Å². The van der Waals surface area contributed by atoms with E-state index < -0.39 is 5.76 Å². The maximum Gasteiger partial charge on any atom is 0.442 e. The zero-order chi connectivity index (χ0) is 20.5. The minimum Gasteiger partial charge on any atom is -0.295 e. The van der Waals surface area contributed by atoms with Crippen LogP contribution in [0.1, 0.15) is 11.1 Å². The number of fused-ring (bicyclic) bond motifs is 2. The topological polar surface area (TPSA) is 94.1 Å². The Labute approximate surface area is 171 Å². The van der Waals surface area contributed by atoms with Gasteiger partial charge >= 0.3 is 5.76 Å². The summed E-state index contributed by atoms with van der Waals surface area (Å²) in [5, 5.41) is 3.79. The van der Waals surface area contributed by atoms with Gasteiger partial charge in [-0.05, 0) is 36.1 Å². The molecular formula is C22H17N5O3. The number of hydrogen-bond acceptors (Lipinski definition) is 6. The number of aromatic nitrogens is 4. The first kappa shape index (κ1) is 18.0. The Morgan fingerprint density at radius 2 is 1.63 bits per heavy atom. The van der Waals surface area contributed by atoms with Gasteiger partial charge in [0, 0.05) is 12.4 Å². The maximum atomic E-state index is 13.5. The van der Waals surface area contributed by atoms with Crippen LogP contribution in [0.5, 0.6) is 0 Å². The molecule has 0 spiro atoms. The number of nitrogens with zero attached hydrogens (tertiary/aromatic N) is 5. The predicted octanol–water partition coefficient (Wildman–Crippen LogP) is 2.76. The van der Waals surface area contributed by atoms with E-state index in [1.54, 1.807) is 4.90 Å². The van der Waals surface area contributed by atoms with E-state index in [1.165, 1.54) is 23.2 Å². The highest BCUT2D eigenvalue weighted by Gasteiger charge is 2.27. The second-order valence-corrected chi connectivity index (χ2v) is 6.94. The van der Waals surface area contributed by atoms with Gasteiger partial charge in [-0.25, -0.2) is 14.3 Å². The molecule has 0 bridgehead atoms. The molecule has 148 valence electrons. The minimum absolute atomic E-state index is 0.165. The lowest BCUT2D eigenvalue weighted by Crippen LogP contribution is -2.33. The monoisotopic (exact) mass is 399 g/mol. The number of carbonyl (C=O) groups excluding carboxylic acids is 1. The standard InChI is InChI=1S/C22H17N5O3/c28-20(14-26-21(25-30-22(26)29)17-13-23-11-12-24-17)27-18-7-3-1-5-15(18)9-10-16-6-2-4-8-19(16)27/h1-8,11-13H,9-10,14H2.